The molecule has 4 rings (SSSR count). The summed E-state index contributed by atoms with van der Waals surface area (Å²) >= 11 is 5.99. The van der Waals surface area contributed by atoms with Crippen LogP contribution in [0.1, 0.15) is 59.3 Å². The molecule has 3 atom stereocenters. The van der Waals surface area contributed by atoms with Gasteiger partial charge < -0.3 is 21.3 Å². The smallest absolute Gasteiger partial charge is 0.254 e. The van der Waals surface area contributed by atoms with Gasteiger partial charge in [0, 0.05) is 16.5 Å². The summed E-state index contributed by atoms with van der Waals surface area (Å²) in [7, 11) is 0. The van der Waals surface area contributed by atoms with Gasteiger partial charge in [0.1, 0.15) is 17.3 Å². The van der Waals surface area contributed by atoms with E-state index >= 15 is 0 Å². The number of nitrogens with one attached hydrogen (secondary N) is 1. The first kappa shape index (κ1) is 24.1. The van der Waals surface area contributed by atoms with E-state index in [1.807, 2.05) is 0 Å². The number of benzene rings is 2. The third-order valence-electron chi connectivity index (χ3n) is 6.11. The second-order valence-electron chi connectivity index (χ2n) is 8.50. The molecule has 5 N–H and O–H groups in total. The van der Waals surface area contributed by atoms with Crippen LogP contribution in [0.3, 0.4) is 0 Å². The predicted molar refractivity (Wildman–Crippen MR) is 128 cm³/mol. The first-order chi connectivity index (χ1) is 16.4. The number of aromatic nitrogens is 2. The largest absolute Gasteiger partial charge is 0.394 e. The molecule has 9 heteroatoms. The third kappa shape index (κ3) is 5.35. The highest BCUT2D eigenvalue weighted by molar-refractivity contribution is 6.30. The Hall–Kier alpha value is -3.07. The fraction of sp³-hybridized carbons (Fsp3) is 0.320. The molecule has 1 aliphatic carbocycles. The minimum atomic E-state index is -0.752. The van der Waals surface area contributed by atoms with Crippen molar-refractivity contribution in [2.24, 2.45) is 0 Å². The van der Waals surface area contributed by atoms with Crippen LogP contribution in [0.25, 0.3) is 11.3 Å². The lowest BCUT2D eigenvalue weighted by Crippen LogP contribution is -2.31. The lowest BCUT2D eigenvalue weighted by Gasteiger charge is -2.25. The van der Waals surface area contributed by atoms with Gasteiger partial charge in [-0.15, -0.1) is 0 Å². The van der Waals surface area contributed by atoms with Gasteiger partial charge in [0.2, 0.25) is 0 Å². The summed E-state index contributed by atoms with van der Waals surface area (Å²) in [6.07, 6.45) is 4.40. The van der Waals surface area contributed by atoms with Crippen LogP contribution in [0.5, 0.6) is 0 Å². The van der Waals surface area contributed by atoms with Crippen molar-refractivity contribution < 1.29 is 19.4 Å². The van der Waals surface area contributed by atoms with Crippen molar-refractivity contribution in [3.63, 3.8) is 0 Å². The number of anilines is 1. The first-order valence-electron chi connectivity index (χ1n) is 11.1. The Morgan fingerprint density at radius 3 is 2.79 bits per heavy atom. The summed E-state index contributed by atoms with van der Waals surface area (Å²) in [4.78, 5) is 21.6. The van der Waals surface area contributed by atoms with Gasteiger partial charge in [-0.1, -0.05) is 36.2 Å². The zero-order valence-corrected chi connectivity index (χ0v) is 19.2. The average Bonchev–Trinajstić information content (AvgIpc) is 2.82. The van der Waals surface area contributed by atoms with E-state index in [-0.39, 0.29) is 30.0 Å². The second-order valence-corrected chi connectivity index (χ2v) is 8.94. The zero-order chi connectivity index (χ0) is 24.2. The Bertz CT molecular complexity index is 1190. The molecule has 1 heterocycles. The van der Waals surface area contributed by atoms with E-state index in [1.54, 1.807) is 36.5 Å². The maximum absolute atomic E-state index is 15.0. The van der Waals surface area contributed by atoms with Crippen molar-refractivity contribution in [3.8, 4) is 11.3 Å². The summed E-state index contributed by atoms with van der Waals surface area (Å²) in [6.45, 7) is -0.374. The van der Waals surface area contributed by atoms with Crippen LogP contribution in [-0.4, -0.2) is 38.8 Å². The Balaban J connectivity index is 1.56. The van der Waals surface area contributed by atoms with Gasteiger partial charge in [-0.25, -0.2) is 14.4 Å². The fourth-order valence-corrected chi connectivity index (χ4v) is 4.49. The lowest BCUT2D eigenvalue weighted by atomic mass is 9.85. The number of aliphatic hydroxyl groups is 2. The second kappa shape index (κ2) is 10.5. The number of hydrogen-bond donors (Lipinski definition) is 4. The molecule has 1 saturated carbocycles. The van der Waals surface area contributed by atoms with Gasteiger partial charge in [0.25, 0.3) is 5.91 Å². The highest BCUT2D eigenvalue weighted by Crippen LogP contribution is 2.34. The Morgan fingerprint density at radius 2 is 2.09 bits per heavy atom. The molecule has 0 spiro atoms. The van der Waals surface area contributed by atoms with Crippen LogP contribution in [0, 0.1) is 5.82 Å². The minimum absolute atomic E-state index is 0.0624. The predicted octanol–water partition coefficient (Wildman–Crippen LogP) is 4.00. The molecule has 3 unspecified atom stereocenters. The number of hydrogen-bond acceptors (Lipinski definition) is 6. The number of nitrogens with two attached hydrogens (primary N) is 1. The molecular formula is C25H26ClFN4O3. The number of aliphatic hydroxyl groups excluding tert-OH is 2. The Labute approximate surface area is 201 Å². The van der Waals surface area contributed by atoms with Gasteiger partial charge in [-0.3, -0.25) is 4.79 Å². The van der Waals surface area contributed by atoms with Crippen LogP contribution in [0.2, 0.25) is 5.02 Å². The van der Waals surface area contributed by atoms with E-state index in [2.05, 4.69) is 15.3 Å². The first-order valence-corrected chi connectivity index (χ1v) is 11.5. The van der Waals surface area contributed by atoms with E-state index in [0.717, 1.165) is 19.3 Å². The van der Waals surface area contributed by atoms with Gasteiger partial charge in [-0.05, 0) is 49.1 Å². The zero-order valence-electron chi connectivity index (χ0n) is 18.4. The topological polar surface area (TPSA) is 121 Å². The average molecular weight is 485 g/mol. The summed E-state index contributed by atoms with van der Waals surface area (Å²) in [5.41, 5.74) is 7.88. The quantitative estimate of drug-likeness (QED) is 0.419. The summed E-state index contributed by atoms with van der Waals surface area (Å²) in [5.74, 6) is -1.21. The molecule has 1 aromatic heterocycles. The summed E-state index contributed by atoms with van der Waals surface area (Å²) in [5, 5.41) is 22.8. The standard InChI is InChI=1S/C25H26ClFN4O3/c26-17-5-1-3-14(9-17)22(13-32)31-25(34)19-8-7-16(11-20(19)27)23-24(28)29-12-21(30-23)15-4-2-6-18(33)10-15/h1,3,5,7-9,11-12,15,18,22,32-33H,2,4,6,10,13H2,(H2,28,29)(H,31,34). The number of nitrogen functional groups attached to an aromatic ring is 1. The highest BCUT2D eigenvalue weighted by Gasteiger charge is 2.24. The maximum atomic E-state index is 15.0. The van der Waals surface area contributed by atoms with Crippen LogP contribution in [0.4, 0.5) is 10.2 Å². The summed E-state index contributed by atoms with van der Waals surface area (Å²) in [6, 6.07) is 10.1. The van der Waals surface area contributed by atoms with E-state index in [9.17, 15) is 19.4 Å². The van der Waals surface area contributed by atoms with E-state index in [4.69, 9.17) is 17.3 Å². The molecule has 0 radical (unpaired) electrons. The number of carbonyl (C=O) groups is 1. The van der Waals surface area contributed by atoms with Gasteiger partial charge in [0.05, 0.1) is 36.2 Å². The van der Waals surface area contributed by atoms with Crippen LogP contribution < -0.4 is 11.1 Å². The molecule has 178 valence electrons. The van der Waals surface area contributed by atoms with Crippen LogP contribution >= 0.6 is 11.6 Å². The number of amides is 1. The Kier molecular flexibility index (Phi) is 7.41. The van der Waals surface area contributed by atoms with Crippen molar-refractivity contribution in [1.82, 2.24) is 15.3 Å². The minimum Gasteiger partial charge on any atom is -0.394 e. The number of rotatable bonds is 6. The van der Waals surface area contributed by atoms with Crippen molar-refractivity contribution in [3.05, 3.63) is 76.3 Å². The van der Waals surface area contributed by atoms with Gasteiger partial charge in [-0.2, -0.15) is 0 Å². The van der Waals surface area contributed by atoms with Crippen LogP contribution in [0.15, 0.2) is 48.7 Å². The molecule has 0 bridgehead atoms. The third-order valence-corrected chi connectivity index (χ3v) is 6.35. The molecule has 7 nitrogen and oxygen atoms in total. The van der Waals surface area contributed by atoms with Crippen molar-refractivity contribution in [2.75, 3.05) is 12.3 Å². The summed E-state index contributed by atoms with van der Waals surface area (Å²) < 4.78 is 15.0. The molecule has 1 aliphatic rings. The maximum Gasteiger partial charge on any atom is 0.254 e. The van der Waals surface area contributed by atoms with Crippen molar-refractivity contribution in [1.29, 1.82) is 0 Å². The molecular weight excluding hydrogens is 459 g/mol. The van der Waals surface area contributed by atoms with Crippen molar-refractivity contribution in [2.45, 2.75) is 43.7 Å². The van der Waals surface area contributed by atoms with E-state index in [1.165, 1.54) is 12.1 Å². The monoisotopic (exact) mass is 484 g/mol. The van der Waals surface area contributed by atoms with E-state index in [0.29, 0.717) is 34.0 Å². The number of carbonyl (C=O) groups excluding carboxylic acids is 1. The molecule has 0 saturated heterocycles. The normalized spacial score (nSPS) is 18.9. The SMILES string of the molecule is Nc1ncc(C2CCCC(O)C2)nc1-c1ccc(C(=O)NC(CO)c2cccc(Cl)c2)c(F)c1. The number of nitrogens with zero attached hydrogens (tertiary/aromatic N) is 2. The Morgan fingerprint density at radius 1 is 1.26 bits per heavy atom. The molecule has 2 aromatic carbocycles. The van der Waals surface area contributed by atoms with Gasteiger partial charge >= 0.3 is 0 Å². The molecule has 34 heavy (non-hydrogen) atoms. The molecule has 0 aliphatic heterocycles. The van der Waals surface area contributed by atoms with E-state index < -0.39 is 17.8 Å². The highest BCUT2D eigenvalue weighted by atomic mass is 35.5. The lowest BCUT2D eigenvalue weighted by molar-refractivity contribution is 0.0912. The molecule has 1 amide bonds. The van der Waals surface area contributed by atoms with Gasteiger partial charge in [0.15, 0.2) is 0 Å². The van der Waals surface area contributed by atoms with Crippen molar-refractivity contribution >= 4 is 23.3 Å². The fourth-order valence-electron chi connectivity index (χ4n) is 4.29. The number of halogens is 2. The van der Waals surface area contributed by atoms with Crippen LogP contribution in [-0.2, 0) is 0 Å². The molecule has 1 fully saturated rings. The molecule has 3 aromatic rings.